The number of ether oxygens (including phenoxy) is 1. The summed E-state index contributed by atoms with van der Waals surface area (Å²) < 4.78 is 24.1. The van der Waals surface area contributed by atoms with Gasteiger partial charge in [0.1, 0.15) is 22.7 Å². The number of methoxy groups -OCH3 is 1. The molecular weight excluding hydrogens is 371 g/mol. The Balaban J connectivity index is 1.72. The second kappa shape index (κ2) is 6.66. The summed E-state index contributed by atoms with van der Waals surface area (Å²) in [5.41, 5.74) is 4.82. The third-order valence-corrected chi connectivity index (χ3v) is 5.03. The zero-order valence-corrected chi connectivity index (χ0v) is 15.9. The maximum atomic E-state index is 14.9. The maximum absolute atomic E-state index is 14.9. The van der Waals surface area contributed by atoms with Crippen molar-refractivity contribution in [1.29, 1.82) is 0 Å². The van der Waals surface area contributed by atoms with Crippen molar-refractivity contribution in [2.75, 3.05) is 7.11 Å². The Bertz CT molecular complexity index is 1360. The molecule has 0 aliphatic heterocycles. The Morgan fingerprint density at radius 1 is 1.10 bits per heavy atom. The molecule has 0 N–H and O–H groups in total. The Labute approximate surface area is 165 Å². The molecule has 0 aliphatic carbocycles. The van der Waals surface area contributed by atoms with Crippen molar-refractivity contribution < 1.29 is 9.13 Å². The number of nitrogens with zero attached hydrogens (tertiary/aromatic N) is 6. The van der Waals surface area contributed by atoms with Gasteiger partial charge in [-0.25, -0.2) is 14.4 Å². The maximum Gasteiger partial charge on any atom is 0.183 e. The van der Waals surface area contributed by atoms with E-state index >= 15 is 0 Å². The zero-order chi connectivity index (χ0) is 20.0. The minimum atomic E-state index is -0.344. The van der Waals surface area contributed by atoms with E-state index in [-0.39, 0.29) is 5.82 Å². The van der Waals surface area contributed by atoms with E-state index in [0.29, 0.717) is 22.5 Å². The number of imidazole rings is 2. The highest BCUT2D eigenvalue weighted by atomic mass is 19.1. The molecule has 0 radical (unpaired) electrons. The van der Waals surface area contributed by atoms with Crippen LogP contribution in [0.2, 0.25) is 0 Å². The Morgan fingerprint density at radius 3 is 2.83 bits per heavy atom. The number of aromatic nitrogens is 6. The van der Waals surface area contributed by atoms with Gasteiger partial charge in [-0.15, -0.1) is 5.10 Å². The van der Waals surface area contributed by atoms with E-state index in [4.69, 9.17) is 4.74 Å². The molecule has 0 aliphatic rings. The van der Waals surface area contributed by atoms with Crippen LogP contribution in [-0.2, 0) is 6.54 Å². The molecule has 1 aromatic carbocycles. The number of aryl methyl sites for hydroxylation is 1. The summed E-state index contributed by atoms with van der Waals surface area (Å²) in [5, 5.41) is 8.32. The minimum absolute atomic E-state index is 0.344. The van der Waals surface area contributed by atoms with Gasteiger partial charge in [-0.3, -0.25) is 0 Å². The molecule has 0 amide bonds. The molecule has 8 heteroatoms. The van der Waals surface area contributed by atoms with E-state index in [1.54, 1.807) is 44.0 Å². The lowest BCUT2D eigenvalue weighted by Crippen LogP contribution is -1.97. The number of benzene rings is 1. The molecule has 5 rings (SSSR count). The van der Waals surface area contributed by atoms with E-state index in [2.05, 4.69) is 20.2 Å². The van der Waals surface area contributed by atoms with E-state index in [1.807, 2.05) is 28.3 Å². The smallest absolute Gasteiger partial charge is 0.183 e. The molecular formula is C21H17FN6O. The fraction of sp³-hybridized carbons (Fsp3) is 0.143. The van der Waals surface area contributed by atoms with Gasteiger partial charge in [-0.05, 0) is 24.6 Å². The van der Waals surface area contributed by atoms with Crippen molar-refractivity contribution in [1.82, 2.24) is 29.1 Å². The highest BCUT2D eigenvalue weighted by Crippen LogP contribution is 2.36. The lowest BCUT2D eigenvalue weighted by molar-refractivity contribution is 0.416. The molecule has 0 unspecified atom stereocenters. The average molecular weight is 388 g/mol. The van der Waals surface area contributed by atoms with Crippen LogP contribution in [0, 0.1) is 5.82 Å². The number of rotatable bonds is 4. The summed E-state index contributed by atoms with van der Waals surface area (Å²) >= 11 is 0. The van der Waals surface area contributed by atoms with E-state index < -0.39 is 0 Å². The van der Waals surface area contributed by atoms with Gasteiger partial charge in [-0.2, -0.15) is 5.10 Å². The fourth-order valence-electron chi connectivity index (χ4n) is 3.53. The lowest BCUT2D eigenvalue weighted by Gasteiger charge is -2.12. The van der Waals surface area contributed by atoms with Crippen molar-refractivity contribution in [2.24, 2.45) is 0 Å². The van der Waals surface area contributed by atoms with Gasteiger partial charge in [0.05, 0.1) is 19.6 Å². The standard InChI is InChI=1S/C21H17FN6O/c1-3-27-12-24-20-15(10-25-26-21(20)27)13-4-5-17(22)14(8-13)16-11-28-7-6-23-19(28)9-18(16)29-2/h4-12H,3H2,1-2H3. The average Bonchev–Trinajstić information content (AvgIpc) is 3.39. The third kappa shape index (κ3) is 2.72. The van der Waals surface area contributed by atoms with Gasteiger partial charge >= 0.3 is 0 Å². The highest BCUT2D eigenvalue weighted by molar-refractivity contribution is 5.90. The van der Waals surface area contributed by atoms with Crippen molar-refractivity contribution in [3.05, 3.63) is 61.2 Å². The van der Waals surface area contributed by atoms with Crippen molar-refractivity contribution >= 4 is 16.8 Å². The Morgan fingerprint density at radius 2 is 2.00 bits per heavy atom. The van der Waals surface area contributed by atoms with Crippen LogP contribution in [0.5, 0.6) is 5.75 Å². The van der Waals surface area contributed by atoms with Crippen LogP contribution in [0.1, 0.15) is 6.92 Å². The summed E-state index contributed by atoms with van der Waals surface area (Å²) in [4.78, 5) is 8.75. The lowest BCUT2D eigenvalue weighted by atomic mass is 9.99. The first kappa shape index (κ1) is 17.3. The molecule has 5 aromatic rings. The van der Waals surface area contributed by atoms with Gasteiger partial charge in [0.2, 0.25) is 0 Å². The van der Waals surface area contributed by atoms with Crippen LogP contribution in [0.15, 0.2) is 55.4 Å². The Hall–Kier alpha value is -3.81. The first-order chi connectivity index (χ1) is 14.2. The highest BCUT2D eigenvalue weighted by Gasteiger charge is 2.16. The molecule has 29 heavy (non-hydrogen) atoms. The second-order valence-corrected chi connectivity index (χ2v) is 6.60. The van der Waals surface area contributed by atoms with Crippen LogP contribution < -0.4 is 4.74 Å². The third-order valence-electron chi connectivity index (χ3n) is 5.03. The zero-order valence-electron chi connectivity index (χ0n) is 15.9. The summed E-state index contributed by atoms with van der Waals surface area (Å²) in [6.45, 7) is 2.76. The quantitative estimate of drug-likeness (QED) is 0.466. The normalized spacial score (nSPS) is 11.4. The Kier molecular flexibility index (Phi) is 3.97. The van der Waals surface area contributed by atoms with Gasteiger partial charge in [0.25, 0.3) is 0 Å². The van der Waals surface area contributed by atoms with Crippen LogP contribution in [0.3, 0.4) is 0 Å². The summed E-state index contributed by atoms with van der Waals surface area (Å²) in [7, 11) is 1.56. The number of pyridine rings is 1. The first-order valence-corrected chi connectivity index (χ1v) is 9.17. The molecule has 0 saturated heterocycles. The van der Waals surface area contributed by atoms with Crippen molar-refractivity contribution in [3.63, 3.8) is 0 Å². The number of halogens is 1. The summed E-state index contributed by atoms with van der Waals surface area (Å²) in [6.07, 6.45) is 8.71. The molecule has 0 fully saturated rings. The van der Waals surface area contributed by atoms with Gasteiger partial charge in [0, 0.05) is 47.9 Å². The monoisotopic (exact) mass is 388 g/mol. The number of fused-ring (bicyclic) bond motifs is 2. The van der Waals surface area contributed by atoms with E-state index in [9.17, 15) is 4.39 Å². The van der Waals surface area contributed by atoms with Gasteiger partial charge < -0.3 is 13.7 Å². The first-order valence-electron chi connectivity index (χ1n) is 9.17. The molecule has 4 heterocycles. The summed E-state index contributed by atoms with van der Waals surface area (Å²) in [5.74, 6) is 0.205. The predicted octanol–water partition coefficient (Wildman–Crippen LogP) is 3.98. The van der Waals surface area contributed by atoms with E-state index in [1.165, 1.54) is 6.07 Å². The second-order valence-electron chi connectivity index (χ2n) is 6.60. The van der Waals surface area contributed by atoms with E-state index in [0.717, 1.165) is 28.8 Å². The molecule has 0 spiro atoms. The molecule has 144 valence electrons. The summed E-state index contributed by atoms with van der Waals surface area (Å²) in [6, 6.07) is 6.75. The molecule has 7 nitrogen and oxygen atoms in total. The van der Waals surface area contributed by atoms with Crippen molar-refractivity contribution in [3.8, 4) is 28.0 Å². The topological polar surface area (TPSA) is 70.1 Å². The number of hydrogen-bond acceptors (Lipinski definition) is 5. The van der Waals surface area contributed by atoms with Crippen LogP contribution in [0.4, 0.5) is 4.39 Å². The molecule has 4 aromatic heterocycles. The largest absolute Gasteiger partial charge is 0.496 e. The number of hydrogen-bond donors (Lipinski definition) is 0. The van der Waals surface area contributed by atoms with Gasteiger partial charge in [0.15, 0.2) is 5.65 Å². The SMILES string of the molecule is CCn1cnc2c(-c3ccc(F)c(-c4cn5ccnc5cc4OC)c3)cnnc21. The van der Waals surface area contributed by atoms with Gasteiger partial charge in [-0.1, -0.05) is 6.07 Å². The molecule has 0 atom stereocenters. The minimum Gasteiger partial charge on any atom is -0.496 e. The van der Waals surface area contributed by atoms with Crippen LogP contribution in [-0.4, -0.2) is 36.2 Å². The predicted molar refractivity (Wildman–Crippen MR) is 107 cm³/mol. The van der Waals surface area contributed by atoms with Crippen molar-refractivity contribution in [2.45, 2.75) is 13.5 Å². The van der Waals surface area contributed by atoms with Crippen LogP contribution in [0.25, 0.3) is 39.1 Å². The fourth-order valence-corrected chi connectivity index (χ4v) is 3.53. The molecule has 0 bridgehead atoms. The molecule has 0 saturated carbocycles. The van der Waals surface area contributed by atoms with Crippen LogP contribution >= 0.6 is 0 Å².